The van der Waals surface area contributed by atoms with Gasteiger partial charge in [-0.25, -0.2) is 4.98 Å². The van der Waals surface area contributed by atoms with Crippen molar-refractivity contribution in [3.8, 4) is 0 Å². The molecule has 4 nitrogen and oxygen atoms in total. The second-order valence-corrected chi connectivity index (χ2v) is 5.87. The number of nitrogens with zero attached hydrogens (tertiary/aromatic N) is 1. The van der Waals surface area contributed by atoms with Crippen LogP contribution in [0.1, 0.15) is 30.2 Å². The van der Waals surface area contributed by atoms with Crippen LogP contribution in [0.5, 0.6) is 0 Å². The molecular formula is C10H12F3NO3S2. The van der Waals surface area contributed by atoms with Crippen LogP contribution in [0.3, 0.4) is 0 Å². The van der Waals surface area contributed by atoms with Crippen LogP contribution in [0.15, 0.2) is 5.38 Å². The predicted octanol–water partition coefficient (Wildman–Crippen LogP) is 2.23. The van der Waals surface area contributed by atoms with Gasteiger partial charge in [0.1, 0.15) is 11.1 Å². The third kappa shape index (κ3) is 5.09. The Hall–Kier alpha value is -0.640. The molecule has 9 heteroatoms. The Labute approximate surface area is 115 Å². The maximum Gasteiger partial charge on any atom is 0.434 e. The lowest BCUT2D eigenvalue weighted by molar-refractivity contribution is -0.141. The van der Waals surface area contributed by atoms with Crippen molar-refractivity contribution < 1.29 is 28.2 Å². The van der Waals surface area contributed by atoms with Gasteiger partial charge in [-0.2, -0.15) is 13.2 Å². The molecule has 19 heavy (non-hydrogen) atoms. The summed E-state index contributed by atoms with van der Waals surface area (Å²) in [6, 6.07) is 0. The monoisotopic (exact) mass is 315 g/mol. The van der Waals surface area contributed by atoms with Crippen molar-refractivity contribution in [3.63, 3.8) is 0 Å². The van der Waals surface area contributed by atoms with E-state index in [2.05, 4.69) is 4.98 Å². The van der Waals surface area contributed by atoms with E-state index in [9.17, 15) is 28.2 Å². The highest BCUT2D eigenvalue weighted by Crippen LogP contribution is 2.32. The van der Waals surface area contributed by atoms with E-state index in [0.717, 1.165) is 17.1 Å². The van der Waals surface area contributed by atoms with Crippen LogP contribution in [0.2, 0.25) is 0 Å². The lowest BCUT2D eigenvalue weighted by atomic mass is 10.1. The predicted molar refractivity (Wildman–Crippen MR) is 65.8 cm³/mol. The smallest absolute Gasteiger partial charge is 0.390 e. The molecule has 0 saturated carbocycles. The molecule has 0 saturated heterocycles. The number of alkyl halides is 3. The standard InChI is InChI=1S/C10H12F3NO3S2/c1-5(15)18-3-2-6(16)8(17)9-14-7(4-19-9)10(11,12)13/h4,6,8,16-17H,2-3H2,1H3. The van der Waals surface area contributed by atoms with Gasteiger partial charge in [-0.3, -0.25) is 4.79 Å². The maximum atomic E-state index is 12.3. The molecule has 0 amide bonds. The van der Waals surface area contributed by atoms with Crippen molar-refractivity contribution in [3.05, 3.63) is 16.1 Å². The van der Waals surface area contributed by atoms with E-state index in [4.69, 9.17) is 0 Å². The Morgan fingerprint density at radius 3 is 2.63 bits per heavy atom. The molecule has 0 bridgehead atoms. The first-order valence-corrected chi connectivity index (χ1v) is 7.10. The minimum absolute atomic E-state index is 0.0896. The third-order valence-electron chi connectivity index (χ3n) is 2.15. The van der Waals surface area contributed by atoms with Gasteiger partial charge in [-0.15, -0.1) is 11.3 Å². The second kappa shape index (κ2) is 6.69. The quantitative estimate of drug-likeness (QED) is 0.872. The molecule has 0 spiro atoms. The number of carbonyl (C=O) groups excluding carboxylic acids is 1. The van der Waals surface area contributed by atoms with E-state index >= 15 is 0 Å². The van der Waals surface area contributed by atoms with Gasteiger partial charge >= 0.3 is 6.18 Å². The van der Waals surface area contributed by atoms with E-state index in [-0.39, 0.29) is 22.3 Å². The molecule has 0 aliphatic rings. The molecule has 1 aromatic rings. The molecule has 2 N–H and O–H groups in total. The van der Waals surface area contributed by atoms with Crippen molar-refractivity contribution in [2.75, 3.05) is 5.75 Å². The van der Waals surface area contributed by atoms with Crippen molar-refractivity contribution in [1.29, 1.82) is 0 Å². The summed E-state index contributed by atoms with van der Waals surface area (Å²) in [6.07, 6.45) is -7.20. The fraction of sp³-hybridized carbons (Fsp3) is 0.600. The summed E-state index contributed by atoms with van der Waals surface area (Å²) in [5.41, 5.74) is -1.09. The Kier molecular flexibility index (Phi) is 5.78. The van der Waals surface area contributed by atoms with E-state index in [1.165, 1.54) is 6.92 Å². The Bertz CT molecular complexity index is 436. The maximum absolute atomic E-state index is 12.3. The third-order valence-corrected chi connectivity index (χ3v) is 3.91. The molecule has 1 heterocycles. The zero-order valence-corrected chi connectivity index (χ0v) is 11.5. The first kappa shape index (κ1) is 16.4. The second-order valence-electron chi connectivity index (χ2n) is 3.71. The van der Waals surface area contributed by atoms with E-state index in [0.29, 0.717) is 11.3 Å². The van der Waals surface area contributed by atoms with Gasteiger partial charge < -0.3 is 10.2 Å². The summed E-state index contributed by atoms with van der Waals surface area (Å²) in [7, 11) is 0. The number of aliphatic hydroxyl groups excluding tert-OH is 2. The molecule has 0 fully saturated rings. The molecule has 0 aromatic carbocycles. The number of aromatic nitrogens is 1. The van der Waals surface area contributed by atoms with E-state index < -0.39 is 24.1 Å². The lowest BCUT2D eigenvalue weighted by Crippen LogP contribution is -2.19. The fourth-order valence-corrected chi connectivity index (χ4v) is 2.71. The summed E-state index contributed by atoms with van der Waals surface area (Å²) < 4.78 is 36.9. The minimum atomic E-state index is -4.57. The number of thiazole rings is 1. The van der Waals surface area contributed by atoms with Gasteiger partial charge in [0.05, 0.1) is 6.10 Å². The van der Waals surface area contributed by atoms with Crippen LogP contribution in [0.25, 0.3) is 0 Å². The number of thioether (sulfide) groups is 1. The first-order valence-electron chi connectivity index (χ1n) is 5.24. The Morgan fingerprint density at radius 1 is 1.53 bits per heavy atom. The van der Waals surface area contributed by atoms with Crippen LogP contribution >= 0.6 is 23.1 Å². The molecule has 2 atom stereocenters. The average Bonchev–Trinajstić information content (AvgIpc) is 2.76. The Morgan fingerprint density at radius 2 is 2.16 bits per heavy atom. The zero-order chi connectivity index (χ0) is 14.6. The molecule has 0 aliphatic heterocycles. The highest BCUT2D eigenvalue weighted by molar-refractivity contribution is 8.13. The summed E-state index contributed by atoms with van der Waals surface area (Å²) in [5.74, 6) is 0.283. The van der Waals surface area contributed by atoms with Crippen molar-refractivity contribution in [2.24, 2.45) is 0 Å². The summed E-state index contributed by atoms with van der Waals surface area (Å²) >= 11 is 1.61. The summed E-state index contributed by atoms with van der Waals surface area (Å²) in [6.45, 7) is 1.36. The summed E-state index contributed by atoms with van der Waals surface area (Å²) in [4.78, 5) is 13.9. The fourth-order valence-electron chi connectivity index (χ4n) is 1.20. The first-order chi connectivity index (χ1) is 8.71. The number of aliphatic hydroxyl groups is 2. The molecule has 0 radical (unpaired) electrons. The highest BCUT2D eigenvalue weighted by Gasteiger charge is 2.35. The van der Waals surface area contributed by atoms with Gasteiger partial charge in [0, 0.05) is 18.1 Å². The number of hydrogen-bond donors (Lipinski definition) is 2. The molecular weight excluding hydrogens is 303 g/mol. The van der Waals surface area contributed by atoms with Gasteiger partial charge in [0.25, 0.3) is 0 Å². The zero-order valence-electron chi connectivity index (χ0n) is 9.85. The normalized spacial score (nSPS) is 15.3. The number of carbonyl (C=O) groups is 1. The largest absolute Gasteiger partial charge is 0.434 e. The van der Waals surface area contributed by atoms with E-state index in [1.807, 2.05) is 0 Å². The van der Waals surface area contributed by atoms with Crippen LogP contribution < -0.4 is 0 Å². The molecule has 2 unspecified atom stereocenters. The van der Waals surface area contributed by atoms with Crippen LogP contribution in [0.4, 0.5) is 13.2 Å². The number of hydrogen-bond acceptors (Lipinski definition) is 6. The van der Waals surface area contributed by atoms with Crippen LogP contribution in [-0.4, -0.2) is 32.2 Å². The van der Waals surface area contributed by atoms with Crippen LogP contribution in [-0.2, 0) is 11.0 Å². The van der Waals surface area contributed by atoms with Crippen LogP contribution in [0, 0.1) is 0 Å². The topological polar surface area (TPSA) is 70.4 Å². The SMILES string of the molecule is CC(=O)SCCC(O)C(O)c1nc(C(F)(F)F)cs1. The van der Waals surface area contributed by atoms with Gasteiger partial charge in [-0.05, 0) is 6.42 Å². The summed E-state index contributed by atoms with van der Waals surface area (Å²) in [5, 5.41) is 19.7. The van der Waals surface area contributed by atoms with Crippen molar-refractivity contribution >= 4 is 28.2 Å². The van der Waals surface area contributed by atoms with E-state index in [1.54, 1.807) is 0 Å². The van der Waals surface area contributed by atoms with Gasteiger partial charge in [0.2, 0.25) is 0 Å². The lowest BCUT2D eigenvalue weighted by Gasteiger charge is -2.14. The number of rotatable bonds is 5. The molecule has 1 aromatic heterocycles. The Balaban J connectivity index is 2.59. The van der Waals surface area contributed by atoms with Gasteiger partial charge in [0.15, 0.2) is 10.8 Å². The van der Waals surface area contributed by atoms with Gasteiger partial charge in [-0.1, -0.05) is 11.8 Å². The molecule has 108 valence electrons. The average molecular weight is 315 g/mol. The number of halogens is 3. The highest BCUT2D eigenvalue weighted by atomic mass is 32.2. The molecule has 1 rings (SSSR count). The minimum Gasteiger partial charge on any atom is -0.390 e. The van der Waals surface area contributed by atoms with Crippen molar-refractivity contribution in [2.45, 2.75) is 31.7 Å². The van der Waals surface area contributed by atoms with Crippen molar-refractivity contribution in [1.82, 2.24) is 4.98 Å². The molecule has 0 aliphatic carbocycles.